The zero-order chi connectivity index (χ0) is 115. The van der Waals surface area contributed by atoms with Gasteiger partial charge >= 0.3 is 65.9 Å². The van der Waals surface area contributed by atoms with E-state index in [0.717, 1.165) is 50.6 Å². The minimum Gasteiger partial charge on any atom is -0.485 e. The summed E-state index contributed by atoms with van der Waals surface area (Å²) in [7, 11) is -25.5. The van der Waals surface area contributed by atoms with Crippen LogP contribution in [-0.2, 0) is 69.4 Å². The van der Waals surface area contributed by atoms with E-state index >= 15 is 0 Å². The van der Waals surface area contributed by atoms with Crippen molar-refractivity contribution in [2.45, 2.75) is 744 Å². The SMILES string of the molecule is CCCCCCCCCCCCCCCCCC(=O)OC[Si](C)(O[Si](C)(C)C)O[Si](C)(C)O[Si](C)(C)C.CCCCCCCCCCCCCCCCCC(=O)O[Si](C)(C)OC(=O)CCCCCCCCCCCCCCCCC.CCCCCCCCCCCCCCCCC[Si](C)(OC)O[Si](C)(C)C.CCCCCCCC[Si](C)(O[Si](C)(C)C)O[Si](C)(C)C.CCCCCCCC[Si](C)(O[Si](C)(C)C)O[Si](C)(C)O[Si](C)(C)C. The highest BCUT2D eigenvalue weighted by Crippen LogP contribution is 2.34. The van der Waals surface area contributed by atoms with Gasteiger partial charge in [0.15, 0.2) is 58.2 Å². The highest BCUT2D eigenvalue weighted by Gasteiger charge is 2.48. The van der Waals surface area contributed by atoms with Gasteiger partial charge in [0.25, 0.3) is 11.9 Å². The average molecular weight is 2360 g/mol. The summed E-state index contributed by atoms with van der Waals surface area (Å²) in [4.78, 5) is 37.1. The predicted molar refractivity (Wildman–Crippen MR) is 697 cm³/mol. The van der Waals surface area contributed by atoms with Crippen LogP contribution in [0.4, 0.5) is 0 Å². The maximum absolute atomic E-state index is 12.5. The van der Waals surface area contributed by atoms with Gasteiger partial charge < -0.3 is 55.1 Å². The monoisotopic (exact) mass is 2360 g/mol. The smallest absolute Gasteiger partial charge is 0.457 e. The van der Waals surface area contributed by atoms with E-state index in [0.29, 0.717) is 19.3 Å². The van der Waals surface area contributed by atoms with Crippen molar-refractivity contribution >= 4 is 136 Å². The van der Waals surface area contributed by atoms with Gasteiger partial charge in [-0.05, 0) is 227 Å². The molecule has 0 aromatic carbocycles. The fraction of sp³-hybridized carbons (Fsp3) is 0.975. The van der Waals surface area contributed by atoms with E-state index in [-0.39, 0.29) is 24.1 Å². The molecule has 0 amide bonds. The van der Waals surface area contributed by atoms with Crippen molar-refractivity contribution < 1.29 is 69.4 Å². The maximum atomic E-state index is 12.5. The van der Waals surface area contributed by atoms with E-state index in [1.165, 1.54) is 430 Å². The molecule has 3 atom stereocenters. The molecule has 904 valence electrons. The number of carbonyl (C=O) groups excluding carboxylic acids is 3. The van der Waals surface area contributed by atoms with Gasteiger partial charge in [-0.25, -0.2) is 0 Å². The van der Waals surface area contributed by atoms with Crippen molar-refractivity contribution in [2.24, 2.45) is 0 Å². The molecule has 0 rings (SSSR count). The lowest BCUT2D eigenvalue weighted by molar-refractivity contribution is -0.143. The lowest BCUT2D eigenvalue weighted by Gasteiger charge is -2.41. The van der Waals surface area contributed by atoms with Crippen molar-refractivity contribution in [3.05, 3.63) is 0 Å². The predicted octanol–water partition coefficient (Wildman–Crippen LogP) is 44.5. The molecule has 0 fully saturated rings. The first kappa shape index (κ1) is 159. The third kappa shape index (κ3) is 126. The molecule has 0 heterocycles. The van der Waals surface area contributed by atoms with Gasteiger partial charge in [-0.2, -0.15) is 0 Å². The number of hydrogen-bond acceptors (Lipinski definition) is 16. The van der Waals surface area contributed by atoms with Crippen LogP contribution in [0.3, 0.4) is 0 Å². The van der Waals surface area contributed by atoms with Gasteiger partial charge in [-0.3, -0.25) is 14.4 Å². The molecule has 16 nitrogen and oxygen atoms in total. The normalized spacial score (nSPS) is 13.9. The molecule has 0 aromatic heterocycles. The van der Waals surface area contributed by atoms with Crippen molar-refractivity contribution in [3.63, 3.8) is 0 Å². The van der Waals surface area contributed by atoms with E-state index < -0.39 is 118 Å². The molecule has 0 aromatic rings. The van der Waals surface area contributed by atoms with Crippen LogP contribution >= 0.6 is 0 Å². The van der Waals surface area contributed by atoms with E-state index in [1.807, 2.05) is 26.8 Å². The van der Waals surface area contributed by atoms with Gasteiger partial charge in [0.2, 0.25) is 0 Å². The molecule has 0 saturated heterocycles. The lowest BCUT2D eigenvalue weighted by Crippen LogP contribution is -2.59. The van der Waals surface area contributed by atoms with Gasteiger partial charge in [-0.1, -0.05) is 485 Å². The summed E-state index contributed by atoms with van der Waals surface area (Å²) in [6.45, 7) is 81.8. The third-order valence-corrected chi connectivity index (χ3v) is 70.3. The van der Waals surface area contributed by atoms with Crippen LogP contribution in [0.25, 0.3) is 0 Å². The summed E-state index contributed by atoms with van der Waals surface area (Å²) in [6, 6.07) is 3.44. The number of carbonyl (C=O) groups is 3. The largest absolute Gasteiger partial charge is 0.485 e. The van der Waals surface area contributed by atoms with Crippen LogP contribution in [0, 0.1) is 0 Å². The first-order valence-electron chi connectivity index (χ1n) is 64.4. The molecule has 0 bridgehead atoms. The summed E-state index contributed by atoms with van der Waals surface area (Å²) in [5, 5.41) is 0. The Labute approximate surface area is 955 Å². The molecule has 30 heteroatoms. The lowest BCUT2D eigenvalue weighted by atomic mass is 10.0. The summed E-state index contributed by atoms with van der Waals surface area (Å²) >= 11 is 0. The summed E-state index contributed by atoms with van der Waals surface area (Å²) < 4.78 is 81.4. The molecular formula is C120H272O16Si14. The number of ether oxygens (including phenoxy) is 1. The molecule has 0 saturated carbocycles. The minimum absolute atomic E-state index is 0.123. The average Bonchev–Trinajstić information content (AvgIpc) is 0.803. The molecular weight excluding hydrogens is 2090 g/mol. The Bertz CT molecular complexity index is 2930. The fourth-order valence-corrected chi connectivity index (χ4v) is 76.7. The molecule has 0 spiro atoms. The number of rotatable bonds is 101. The van der Waals surface area contributed by atoms with Gasteiger partial charge in [0.05, 0.1) is 0 Å². The van der Waals surface area contributed by atoms with Crippen LogP contribution in [0.2, 0.25) is 221 Å². The van der Waals surface area contributed by atoms with Crippen molar-refractivity contribution in [1.29, 1.82) is 0 Å². The van der Waals surface area contributed by atoms with Crippen molar-refractivity contribution in [1.82, 2.24) is 0 Å². The van der Waals surface area contributed by atoms with E-state index in [1.54, 1.807) is 0 Å². The topological polar surface area (TPSA) is 171 Å². The zero-order valence-electron chi connectivity index (χ0n) is 109. The Morgan fingerprint density at radius 1 is 0.153 bits per heavy atom. The molecule has 0 N–H and O–H groups in total. The summed E-state index contributed by atoms with van der Waals surface area (Å²) in [5.41, 5.74) is 0. The second kappa shape index (κ2) is 96.3. The molecule has 3 unspecified atom stereocenters. The second-order valence-corrected chi connectivity index (χ2v) is 111. The highest BCUT2D eigenvalue weighted by molar-refractivity contribution is 6.91. The minimum atomic E-state index is -2.75. The molecule has 150 heavy (non-hydrogen) atoms. The Morgan fingerprint density at radius 3 is 0.487 bits per heavy atom. The van der Waals surface area contributed by atoms with Crippen LogP contribution in [0.15, 0.2) is 0 Å². The zero-order valence-corrected chi connectivity index (χ0v) is 123. The highest BCUT2D eigenvalue weighted by atomic mass is 28.5. The molecule has 0 aliphatic carbocycles. The Kier molecular flexibility index (Phi) is 102. The van der Waals surface area contributed by atoms with Crippen molar-refractivity contribution in [2.75, 3.05) is 13.3 Å². The number of hydrogen-bond donors (Lipinski definition) is 0. The maximum Gasteiger partial charge on any atom is 0.457 e. The standard InChI is InChI=1S/C38H76O4Si.C28H64O5Si4.C22H50O2Si2.C17H44O3Si4.C15H38O2Si3/c1-5-7-9-11-13-15-17-19-21-23-25-27-29-31-33-35-37(39)41-43(3,4)42-38(40)36-34-32-30-28-26-24-22-20-18-16-14-12-10-8-6-2;1-11-12-13-14-15-16-17-18-19-20-21-22-23-24-25-26-28(29)30-27-37(10,32-35(5,6)7)33-36(8,9)31-34(2,3)4;1-7-8-9-10-11-12-13-14-15-16-17-18-19-20-21-22-26(6,23-2)24-25(3,4)5;1-11-12-13-14-15-16-17-24(10,19-22(5,6)7)20-23(8,9)18-21(2,3)4;1-9-10-11-12-13-14-15-20(8,16-18(2,3)4)17-19(5,6)7/h5-36H2,1-4H3;11-27H2,1-10H3;7-22H2,1-6H3;11-17H2,1-10H3;9-15H2,1-8H3. The van der Waals surface area contributed by atoms with Gasteiger partial charge in [0.1, 0.15) is 6.23 Å². The quantitative estimate of drug-likeness (QED) is 0.0320. The van der Waals surface area contributed by atoms with E-state index in [2.05, 4.69) is 225 Å². The Morgan fingerprint density at radius 2 is 0.300 bits per heavy atom. The van der Waals surface area contributed by atoms with Crippen molar-refractivity contribution in [3.8, 4) is 0 Å². The van der Waals surface area contributed by atoms with E-state index in [4.69, 9.17) is 55.1 Å². The summed E-state index contributed by atoms with van der Waals surface area (Å²) in [5.74, 6) is -0.529. The van der Waals surface area contributed by atoms with Gasteiger partial charge in [0, 0.05) is 39.5 Å². The fourth-order valence-electron chi connectivity index (χ4n) is 20.5. The first-order valence-corrected chi connectivity index (χ1v) is 107. The second-order valence-electron chi connectivity index (χ2n) is 54.1. The molecule has 0 aliphatic rings. The first-order chi connectivity index (χ1) is 70.0. The summed E-state index contributed by atoms with van der Waals surface area (Å²) in [6.07, 6.45) is 98.0. The van der Waals surface area contributed by atoms with Gasteiger partial charge in [-0.15, -0.1) is 0 Å². The van der Waals surface area contributed by atoms with Crippen LogP contribution in [0.1, 0.15) is 523 Å². The van der Waals surface area contributed by atoms with Crippen LogP contribution in [0.5, 0.6) is 0 Å². The third-order valence-electron chi connectivity index (χ3n) is 26.4. The molecule has 0 radical (unpaired) electrons. The van der Waals surface area contributed by atoms with E-state index in [9.17, 15) is 14.4 Å². The Hall–Kier alpha value is 1.05. The number of unbranched alkanes of at least 4 members (excludes halogenated alkanes) is 66. The number of esters is 1. The van der Waals surface area contributed by atoms with Crippen LogP contribution in [-0.4, -0.2) is 149 Å². The van der Waals surface area contributed by atoms with Crippen LogP contribution < -0.4 is 0 Å². The molecule has 0 aliphatic heterocycles. The Balaban J connectivity index is -0.000000600.